The molecule has 1 fully saturated rings. The summed E-state index contributed by atoms with van der Waals surface area (Å²) in [5, 5.41) is 14.3. The fraction of sp³-hybridized carbons (Fsp3) is 0.524. The molecule has 1 aliphatic carbocycles. The van der Waals surface area contributed by atoms with Crippen LogP contribution in [-0.2, 0) is 14.2 Å². The number of halogens is 2. The first-order chi connectivity index (χ1) is 15.0. The third-order valence-electron chi connectivity index (χ3n) is 5.23. The Morgan fingerprint density at radius 3 is 2.44 bits per heavy atom. The highest BCUT2D eigenvalue weighted by Gasteiger charge is 2.29. The van der Waals surface area contributed by atoms with Crippen molar-refractivity contribution in [3.63, 3.8) is 0 Å². The average molecular weight is 472 g/mol. The van der Waals surface area contributed by atoms with Gasteiger partial charge in [-0.05, 0) is 24.5 Å². The number of benzene rings is 1. The van der Waals surface area contributed by atoms with E-state index in [2.05, 4.69) is 22.5 Å². The Kier molecular flexibility index (Phi) is 9.79. The molecule has 11 heteroatoms. The van der Waals surface area contributed by atoms with Crippen LogP contribution in [-0.4, -0.2) is 45.1 Å². The molecule has 0 aliphatic heterocycles. The Bertz CT molecular complexity index is 921. The van der Waals surface area contributed by atoms with Gasteiger partial charge in [0.25, 0.3) is 0 Å². The quantitative estimate of drug-likeness (QED) is 0.275. The number of hydrogen-bond donors (Lipinski definition) is 5. The van der Waals surface area contributed by atoms with Gasteiger partial charge in [0.15, 0.2) is 0 Å². The molecule has 2 unspecified atom stereocenters. The first-order valence-corrected chi connectivity index (χ1v) is 12.1. The van der Waals surface area contributed by atoms with Gasteiger partial charge < -0.3 is 20.2 Å². The summed E-state index contributed by atoms with van der Waals surface area (Å²) in [7, 11) is -4.50. The van der Waals surface area contributed by atoms with Crippen LogP contribution in [0.5, 0.6) is 0 Å². The summed E-state index contributed by atoms with van der Waals surface area (Å²) >= 11 is 0. The number of carbonyl (C=O) groups is 2. The molecule has 1 saturated carbocycles. The molecular weight excluding hydrogens is 445 g/mol. The maximum atomic E-state index is 13.7. The Labute approximate surface area is 184 Å². The molecule has 0 heterocycles. The predicted octanol–water partition coefficient (Wildman–Crippen LogP) is 2.34. The molecule has 0 spiro atoms. The van der Waals surface area contributed by atoms with E-state index in [0.29, 0.717) is 6.07 Å². The summed E-state index contributed by atoms with van der Waals surface area (Å²) < 4.78 is 37.9. The smallest absolute Gasteiger partial charge is 0.339 e. The summed E-state index contributed by atoms with van der Waals surface area (Å²) in [6.45, 7) is 0. The van der Waals surface area contributed by atoms with Crippen LogP contribution in [0, 0.1) is 29.4 Å². The van der Waals surface area contributed by atoms with E-state index in [4.69, 9.17) is 9.79 Å². The van der Waals surface area contributed by atoms with Crippen molar-refractivity contribution in [1.29, 1.82) is 0 Å². The van der Waals surface area contributed by atoms with Gasteiger partial charge in [-0.3, -0.25) is 14.7 Å². The number of carboxylic acid groups (broad SMARTS) is 1. The third kappa shape index (κ3) is 9.05. The summed E-state index contributed by atoms with van der Waals surface area (Å²) in [5.41, 5.74) is -0.110. The molecule has 2 atom stereocenters. The Balaban J connectivity index is 2.09. The monoisotopic (exact) mass is 472 g/mol. The number of rotatable bonds is 9. The van der Waals surface area contributed by atoms with Crippen molar-refractivity contribution in [1.82, 2.24) is 10.6 Å². The molecule has 176 valence electrons. The molecular formula is C21H27F2N2O6P. The van der Waals surface area contributed by atoms with E-state index in [1.165, 1.54) is 0 Å². The molecule has 1 aromatic carbocycles. The number of hydrogen-bond acceptors (Lipinski definition) is 4. The van der Waals surface area contributed by atoms with Crippen molar-refractivity contribution < 1.29 is 37.8 Å². The minimum Gasteiger partial charge on any atom is -0.480 e. The van der Waals surface area contributed by atoms with E-state index in [1.807, 2.05) is 0 Å². The molecule has 1 aliphatic rings. The van der Waals surface area contributed by atoms with Crippen LogP contribution in [0.3, 0.4) is 0 Å². The third-order valence-corrected chi connectivity index (χ3v) is 5.82. The lowest BCUT2D eigenvalue weighted by atomic mass is 9.85. The van der Waals surface area contributed by atoms with Crippen molar-refractivity contribution in [3.8, 4) is 11.8 Å². The molecule has 0 radical (unpaired) electrons. The van der Waals surface area contributed by atoms with E-state index in [-0.39, 0.29) is 24.3 Å². The summed E-state index contributed by atoms with van der Waals surface area (Å²) in [5.74, 6) is 1.50. The van der Waals surface area contributed by atoms with Gasteiger partial charge in [0.1, 0.15) is 17.7 Å². The highest BCUT2D eigenvalue weighted by molar-refractivity contribution is 7.51. The standard InChI is InChI=1S/C21H27F2N2O6P/c22-16-10-9-15(17(23)12-16)7-4-8-18(24-13-32(29,30)31)20(26)25-19(21(27)28)11-14-5-2-1-3-6-14/h9-10,12,14,18-19,24H,1-3,5-6,8,11,13H2,(H,25,26)(H,27,28)(H2,29,30,31). The van der Waals surface area contributed by atoms with E-state index >= 15 is 0 Å². The lowest BCUT2D eigenvalue weighted by Crippen LogP contribution is -2.50. The van der Waals surface area contributed by atoms with Crippen molar-refractivity contribution in [2.24, 2.45) is 5.92 Å². The second-order valence-corrected chi connectivity index (χ2v) is 9.49. The number of carbonyl (C=O) groups excluding carboxylic acids is 1. The molecule has 32 heavy (non-hydrogen) atoms. The highest BCUT2D eigenvalue weighted by atomic mass is 31.2. The lowest BCUT2D eigenvalue weighted by Gasteiger charge is -2.26. The lowest BCUT2D eigenvalue weighted by molar-refractivity contribution is -0.142. The zero-order valence-corrected chi connectivity index (χ0v) is 18.3. The number of aliphatic carboxylic acids is 1. The summed E-state index contributed by atoms with van der Waals surface area (Å²) in [4.78, 5) is 42.5. The van der Waals surface area contributed by atoms with Gasteiger partial charge in [-0.1, -0.05) is 43.9 Å². The van der Waals surface area contributed by atoms with Gasteiger partial charge >= 0.3 is 13.6 Å². The first kappa shape index (κ1) is 25.9. The van der Waals surface area contributed by atoms with Gasteiger partial charge in [0.05, 0.1) is 17.9 Å². The van der Waals surface area contributed by atoms with Crippen LogP contribution in [0.15, 0.2) is 18.2 Å². The van der Waals surface area contributed by atoms with Crippen molar-refractivity contribution in [3.05, 3.63) is 35.4 Å². The normalized spacial score (nSPS) is 16.5. The number of amides is 1. The SMILES string of the molecule is O=C(O)C(CC1CCCCC1)NC(=O)C(CC#Cc1ccc(F)cc1F)NCP(=O)(O)O. The van der Waals surface area contributed by atoms with E-state index < -0.39 is 49.5 Å². The second-order valence-electron chi connectivity index (χ2n) is 7.85. The maximum Gasteiger partial charge on any atom is 0.339 e. The molecule has 1 amide bonds. The first-order valence-electron chi connectivity index (χ1n) is 10.3. The fourth-order valence-corrected chi connectivity index (χ4v) is 4.03. The summed E-state index contributed by atoms with van der Waals surface area (Å²) in [6, 6.07) is 0.412. The van der Waals surface area contributed by atoms with Crippen molar-refractivity contribution >= 4 is 19.5 Å². The van der Waals surface area contributed by atoms with E-state index in [9.17, 15) is 28.0 Å². The topological polar surface area (TPSA) is 136 Å². The van der Waals surface area contributed by atoms with Gasteiger partial charge in [-0.2, -0.15) is 0 Å². The summed E-state index contributed by atoms with van der Waals surface area (Å²) in [6.07, 6.45) is 4.04. The van der Waals surface area contributed by atoms with Gasteiger partial charge in [-0.15, -0.1) is 0 Å². The molecule has 2 rings (SSSR count). The van der Waals surface area contributed by atoms with Gasteiger partial charge in [0, 0.05) is 12.5 Å². The van der Waals surface area contributed by atoms with Crippen molar-refractivity contribution in [2.75, 3.05) is 6.29 Å². The molecule has 0 saturated heterocycles. The maximum absolute atomic E-state index is 13.7. The largest absolute Gasteiger partial charge is 0.480 e. The number of nitrogens with one attached hydrogen (secondary N) is 2. The number of carboxylic acids is 1. The van der Waals surface area contributed by atoms with Crippen molar-refractivity contribution in [2.45, 2.75) is 57.0 Å². The molecule has 5 N–H and O–H groups in total. The molecule has 0 aromatic heterocycles. The zero-order valence-electron chi connectivity index (χ0n) is 17.4. The molecule has 1 aromatic rings. The van der Waals surface area contributed by atoms with Gasteiger partial charge in [-0.25, -0.2) is 13.6 Å². The highest BCUT2D eigenvalue weighted by Crippen LogP contribution is 2.32. The molecule has 0 bridgehead atoms. The zero-order chi connectivity index (χ0) is 23.7. The van der Waals surface area contributed by atoms with Crippen LogP contribution in [0.1, 0.15) is 50.5 Å². The second kappa shape index (κ2) is 12.1. The van der Waals surface area contributed by atoms with Crippen LogP contribution >= 0.6 is 7.60 Å². The van der Waals surface area contributed by atoms with E-state index in [0.717, 1.165) is 44.2 Å². The average Bonchev–Trinajstić information content (AvgIpc) is 2.71. The Morgan fingerprint density at radius 1 is 1.16 bits per heavy atom. The minimum atomic E-state index is -4.50. The van der Waals surface area contributed by atoms with Crippen LogP contribution in [0.4, 0.5) is 8.78 Å². The minimum absolute atomic E-state index is 0.110. The van der Waals surface area contributed by atoms with E-state index in [1.54, 1.807) is 0 Å². The Hall–Kier alpha value is -2.31. The van der Waals surface area contributed by atoms with Crippen LogP contribution in [0.2, 0.25) is 0 Å². The molecule has 8 nitrogen and oxygen atoms in total. The van der Waals surface area contributed by atoms with Gasteiger partial charge in [0.2, 0.25) is 5.91 Å². The Morgan fingerprint density at radius 2 is 1.84 bits per heavy atom. The van der Waals surface area contributed by atoms with Crippen LogP contribution < -0.4 is 10.6 Å². The fourth-order valence-electron chi connectivity index (χ4n) is 3.58. The predicted molar refractivity (Wildman–Crippen MR) is 112 cm³/mol. The van der Waals surface area contributed by atoms with Crippen LogP contribution in [0.25, 0.3) is 0 Å².